The van der Waals surface area contributed by atoms with E-state index in [0.717, 1.165) is 38.4 Å². The number of guanidine groups is 1. The number of nitrogens with zero attached hydrogens (tertiary/aromatic N) is 2. The number of rotatable bonds is 7. The summed E-state index contributed by atoms with van der Waals surface area (Å²) in [6, 6.07) is 0.378. The highest BCUT2D eigenvalue weighted by Gasteiger charge is 2.21. The van der Waals surface area contributed by atoms with Crippen LogP contribution < -0.4 is 16.0 Å². The maximum Gasteiger partial charge on any atom is 0.233 e. The van der Waals surface area contributed by atoms with Crippen LogP contribution in [0, 0.1) is 5.92 Å². The second-order valence-corrected chi connectivity index (χ2v) is 5.88. The number of piperidine rings is 1. The Kier molecular flexibility index (Phi) is 8.84. The highest BCUT2D eigenvalue weighted by Crippen LogP contribution is 2.09. The van der Waals surface area contributed by atoms with Crippen molar-refractivity contribution in [1.29, 1.82) is 0 Å². The number of hydrogen-bond donors (Lipinski definition) is 4. The van der Waals surface area contributed by atoms with Crippen molar-refractivity contribution in [3.05, 3.63) is 0 Å². The molecule has 0 aromatic rings. The zero-order valence-corrected chi connectivity index (χ0v) is 14.1. The third kappa shape index (κ3) is 7.09. The van der Waals surface area contributed by atoms with E-state index < -0.39 is 0 Å². The van der Waals surface area contributed by atoms with E-state index in [2.05, 4.69) is 25.8 Å². The molecule has 1 aliphatic heterocycles. The first-order valence-electron chi connectivity index (χ1n) is 8.17. The van der Waals surface area contributed by atoms with Crippen LogP contribution in [-0.4, -0.2) is 74.3 Å². The van der Waals surface area contributed by atoms with E-state index in [-0.39, 0.29) is 18.4 Å². The smallest absolute Gasteiger partial charge is 0.233 e. The van der Waals surface area contributed by atoms with Gasteiger partial charge in [0.2, 0.25) is 5.91 Å². The van der Waals surface area contributed by atoms with Crippen LogP contribution in [0.4, 0.5) is 0 Å². The third-order valence-corrected chi connectivity index (χ3v) is 3.79. The fourth-order valence-electron chi connectivity index (χ4n) is 2.34. The average Bonchev–Trinajstić information content (AvgIpc) is 2.54. The maximum atomic E-state index is 11.4. The quantitative estimate of drug-likeness (QED) is 0.372. The molecule has 1 amide bonds. The van der Waals surface area contributed by atoms with Crippen molar-refractivity contribution >= 4 is 11.9 Å². The molecule has 7 nitrogen and oxygen atoms in total. The molecule has 0 aromatic carbocycles. The van der Waals surface area contributed by atoms with Crippen LogP contribution in [0.3, 0.4) is 0 Å². The zero-order chi connectivity index (χ0) is 16.4. The minimum Gasteiger partial charge on any atom is -0.396 e. The zero-order valence-electron chi connectivity index (χ0n) is 14.1. The van der Waals surface area contributed by atoms with Gasteiger partial charge in [-0.1, -0.05) is 6.92 Å². The van der Waals surface area contributed by atoms with Gasteiger partial charge in [-0.05, 0) is 25.7 Å². The summed E-state index contributed by atoms with van der Waals surface area (Å²) in [4.78, 5) is 18.1. The highest BCUT2D eigenvalue weighted by atomic mass is 16.3. The Hall–Kier alpha value is -1.34. The molecule has 0 aliphatic carbocycles. The summed E-state index contributed by atoms with van der Waals surface area (Å²) >= 11 is 0. The maximum absolute atomic E-state index is 11.4. The number of carbonyl (C=O) groups is 1. The number of likely N-dealkylation sites (N-methyl/N-ethyl adjacent to an activating group) is 1. The largest absolute Gasteiger partial charge is 0.396 e. The number of hydrogen-bond acceptors (Lipinski definition) is 4. The van der Waals surface area contributed by atoms with E-state index in [9.17, 15) is 4.79 Å². The van der Waals surface area contributed by atoms with E-state index in [1.165, 1.54) is 0 Å². The van der Waals surface area contributed by atoms with E-state index in [4.69, 9.17) is 5.11 Å². The minimum absolute atomic E-state index is 0.0688. The lowest BCUT2D eigenvalue weighted by Gasteiger charge is -2.32. The molecule has 1 rings (SSSR count). The first kappa shape index (κ1) is 18.7. The molecule has 1 unspecified atom stereocenters. The summed E-state index contributed by atoms with van der Waals surface area (Å²) in [5.74, 6) is 1.05. The Bertz CT molecular complexity index is 354. The van der Waals surface area contributed by atoms with Crippen molar-refractivity contribution in [2.45, 2.75) is 32.7 Å². The predicted octanol–water partition coefficient (Wildman–Crippen LogP) is -0.620. The van der Waals surface area contributed by atoms with Crippen molar-refractivity contribution in [2.75, 3.05) is 46.4 Å². The molecule has 0 radical (unpaired) electrons. The third-order valence-electron chi connectivity index (χ3n) is 3.79. The van der Waals surface area contributed by atoms with Crippen LogP contribution in [0.15, 0.2) is 4.99 Å². The lowest BCUT2D eigenvalue weighted by atomic mass is 10.1. The molecule has 128 valence electrons. The van der Waals surface area contributed by atoms with Gasteiger partial charge in [0, 0.05) is 45.9 Å². The average molecular weight is 313 g/mol. The van der Waals surface area contributed by atoms with Gasteiger partial charge in [-0.2, -0.15) is 0 Å². The minimum atomic E-state index is 0.0688. The van der Waals surface area contributed by atoms with Gasteiger partial charge >= 0.3 is 0 Å². The topological polar surface area (TPSA) is 89.0 Å². The molecule has 4 N–H and O–H groups in total. The van der Waals surface area contributed by atoms with Gasteiger partial charge in [0.1, 0.15) is 0 Å². The standard InChI is InChI=1S/C15H31N5O2/c1-4-17-15(18-9-12(2)11-21)19-13-5-7-20(8-6-13)10-14(22)16-3/h12-13,21H,4-11H2,1-3H3,(H,16,22)(H2,17,18,19). The number of nitrogens with one attached hydrogen (secondary N) is 3. The van der Waals surface area contributed by atoms with Crippen molar-refractivity contribution in [2.24, 2.45) is 10.9 Å². The molecule has 1 aliphatic rings. The molecule has 0 spiro atoms. The van der Waals surface area contributed by atoms with Crippen molar-refractivity contribution in [1.82, 2.24) is 20.9 Å². The molecule has 1 atom stereocenters. The van der Waals surface area contributed by atoms with E-state index >= 15 is 0 Å². The summed E-state index contributed by atoms with van der Waals surface area (Å²) in [5.41, 5.74) is 0. The molecule has 22 heavy (non-hydrogen) atoms. The number of likely N-dealkylation sites (tertiary alicyclic amines) is 1. The second-order valence-electron chi connectivity index (χ2n) is 5.88. The molecule has 0 saturated carbocycles. The number of aliphatic hydroxyl groups is 1. The van der Waals surface area contributed by atoms with Crippen LogP contribution in [-0.2, 0) is 4.79 Å². The highest BCUT2D eigenvalue weighted by molar-refractivity contribution is 5.80. The van der Waals surface area contributed by atoms with Gasteiger partial charge in [0.25, 0.3) is 0 Å². The van der Waals surface area contributed by atoms with E-state index in [0.29, 0.717) is 19.1 Å². The van der Waals surface area contributed by atoms with Gasteiger partial charge in [-0.3, -0.25) is 14.7 Å². The summed E-state index contributed by atoms with van der Waals surface area (Å²) < 4.78 is 0. The molecule has 0 aromatic heterocycles. The van der Waals surface area contributed by atoms with Crippen molar-refractivity contribution in [3.63, 3.8) is 0 Å². The van der Waals surface area contributed by atoms with Gasteiger partial charge < -0.3 is 21.1 Å². The molecular formula is C15H31N5O2. The van der Waals surface area contributed by atoms with Crippen LogP contribution >= 0.6 is 0 Å². The Balaban J connectivity index is 2.40. The fraction of sp³-hybridized carbons (Fsp3) is 0.867. The van der Waals surface area contributed by atoms with Crippen LogP contribution in [0.5, 0.6) is 0 Å². The Morgan fingerprint density at radius 1 is 1.41 bits per heavy atom. The molecule has 1 fully saturated rings. The summed E-state index contributed by atoms with van der Waals surface area (Å²) in [7, 11) is 1.67. The van der Waals surface area contributed by atoms with Gasteiger partial charge in [-0.15, -0.1) is 0 Å². The van der Waals surface area contributed by atoms with Gasteiger partial charge in [-0.25, -0.2) is 0 Å². The van der Waals surface area contributed by atoms with E-state index in [1.54, 1.807) is 7.05 Å². The first-order valence-corrected chi connectivity index (χ1v) is 8.17. The Morgan fingerprint density at radius 3 is 2.64 bits per heavy atom. The lowest BCUT2D eigenvalue weighted by molar-refractivity contribution is -0.122. The number of carbonyl (C=O) groups excluding carboxylic acids is 1. The second kappa shape index (κ2) is 10.4. The van der Waals surface area contributed by atoms with E-state index in [1.807, 2.05) is 13.8 Å². The SMILES string of the molecule is CCNC(=NCC(C)CO)NC1CCN(CC(=O)NC)CC1. The molecule has 1 saturated heterocycles. The monoisotopic (exact) mass is 313 g/mol. The normalized spacial score (nSPS) is 18.8. The Morgan fingerprint density at radius 2 is 2.09 bits per heavy atom. The van der Waals surface area contributed by atoms with Crippen LogP contribution in [0.25, 0.3) is 0 Å². The summed E-state index contributed by atoms with van der Waals surface area (Å²) in [6.45, 7) is 7.90. The molecule has 7 heteroatoms. The summed E-state index contributed by atoms with van der Waals surface area (Å²) in [6.07, 6.45) is 1.99. The van der Waals surface area contributed by atoms with Crippen LogP contribution in [0.1, 0.15) is 26.7 Å². The molecular weight excluding hydrogens is 282 g/mol. The molecule has 0 bridgehead atoms. The van der Waals surface area contributed by atoms with Crippen molar-refractivity contribution < 1.29 is 9.90 Å². The lowest BCUT2D eigenvalue weighted by Crippen LogP contribution is -2.50. The van der Waals surface area contributed by atoms with Crippen molar-refractivity contribution in [3.8, 4) is 0 Å². The Labute approximate surface area is 133 Å². The predicted molar refractivity (Wildman–Crippen MR) is 88.9 cm³/mol. The van der Waals surface area contributed by atoms with Crippen LogP contribution in [0.2, 0.25) is 0 Å². The summed E-state index contributed by atoms with van der Waals surface area (Å²) in [5, 5.41) is 18.4. The number of aliphatic imine (C=N–C) groups is 1. The number of amides is 1. The first-order chi connectivity index (χ1) is 10.6. The fourth-order valence-corrected chi connectivity index (χ4v) is 2.34. The van der Waals surface area contributed by atoms with Gasteiger partial charge in [0.05, 0.1) is 6.54 Å². The molecule has 1 heterocycles. The van der Waals surface area contributed by atoms with Gasteiger partial charge in [0.15, 0.2) is 5.96 Å². The number of aliphatic hydroxyl groups excluding tert-OH is 1.